The molecule has 0 aromatic rings. The van der Waals surface area contributed by atoms with Crippen LogP contribution >= 0.6 is 11.8 Å². The summed E-state index contributed by atoms with van der Waals surface area (Å²) in [6.45, 7) is 1.16. The van der Waals surface area contributed by atoms with Crippen LogP contribution in [0, 0.1) is 0 Å². The molecule has 1 atom stereocenters. The molecule has 1 rings (SSSR count). The molecule has 0 aromatic heterocycles. The number of carboxylic acid groups (broad SMARTS) is 1. The lowest BCUT2D eigenvalue weighted by atomic mass is 10.2. The van der Waals surface area contributed by atoms with E-state index in [1.54, 1.807) is 11.8 Å². The fourth-order valence-corrected chi connectivity index (χ4v) is 2.21. The number of carboxylic acids is 1. The Balaban J connectivity index is 2.32. The first-order valence-electron chi connectivity index (χ1n) is 5.43. The highest BCUT2D eigenvalue weighted by molar-refractivity contribution is 7.98. The van der Waals surface area contributed by atoms with Crippen molar-refractivity contribution in [2.45, 2.75) is 25.3 Å². The number of likely N-dealkylation sites (tertiary alicyclic amines) is 1. The monoisotopic (exact) mass is 246 g/mol. The van der Waals surface area contributed by atoms with Crippen LogP contribution in [0.2, 0.25) is 0 Å². The highest BCUT2D eigenvalue weighted by Gasteiger charge is 2.33. The molecule has 16 heavy (non-hydrogen) atoms. The molecule has 0 saturated carbocycles. The number of rotatable bonds is 5. The van der Waals surface area contributed by atoms with Crippen molar-refractivity contribution in [2.24, 2.45) is 0 Å². The molecule has 0 aromatic carbocycles. The minimum Gasteiger partial charge on any atom is -0.480 e. The predicted octanol–water partition coefficient (Wildman–Crippen LogP) is 0.998. The maximum atomic E-state index is 11.7. The minimum atomic E-state index is -0.906. The zero-order chi connectivity index (χ0) is 12.0. The highest BCUT2D eigenvalue weighted by atomic mass is 32.2. The van der Waals surface area contributed by atoms with Gasteiger partial charge >= 0.3 is 12.0 Å². The van der Waals surface area contributed by atoms with Gasteiger partial charge in [0.1, 0.15) is 6.04 Å². The summed E-state index contributed by atoms with van der Waals surface area (Å²) in [5.74, 6) is 0.0968. The highest BCUT2D eigenvalue weighted by Crippen LogP contribution is 2.17. The van der Waals surface area contributed by atoms with Gasteiger partial charge < -0.3 is 15.3 Å². The zero-order valence-electron chi connectivity index (χ0n) is 9.44. The van der Waals surface area contributed by atoms with Crippen LogP contribution in [0.1, 0.15) is 19.3 Å². The summed E-state index contributed by atoms with van der Waals surface area (Å²) in [6.07, 6.45) is 4.27. The first-order valence-corrected chi connectivity index (χ1v) is 6.82. The summed E-state index contributed by atoms with van der Waals surface area (Å²) in [5.41, 5.74) is 0. The molecule has 1 fully saturated rings. The summed E-state index contributed by atoms with van der Waals surface area (Å²) in [7, 11) is 0. The summed E-state index contributed by atoms with van der Waals surface area (Å²) in [6, 6.07) is -0.883. The van der Waals surface area contributed by atoms with E-state index in [0.717, 1.165) is 18.6 Å². The number of urea groups is 1. The second-order valence-corrected chi connectivity index (χ2v) is 4.75. The molecule has 92 valence electrons. The van der Waals surface area contributed by atoms with E-state index in [-0.39, 0.29) is 6.03 Å². The molecule has 0 spiro atoms. The van der Waals surface area contributed by atoms with Gasteiger partial charge in [0.25, 0.3) is 0 Å². The third-order valence-corrected chi connectivity index (χ3v) is 3.30. The Morgan fingerprint density at radius 1 is 1.56 bits per heavy atom. The lowest BCUT2D eigenvalue weighted by Gasteiger charge is -2.21. The molecule has 0 aliphatic carbocycles. The van der Waals surface area contributed by atoms with Crippen LogP contribution in [0.5, 0.6) is 0 Å². The smallest absolute Gasteiger partial charge is 0.326 e. The van der Waals surface area contributed by atoms with Crippen molar-refractivity contribution in [2.75, 3.05) is 25.1 Å². The van der Waals surface area contributed by atoms with Crippen molar-refractivity contribution in [1.82, 2.24) is 10.2 Å². The number of thioether (sulfide) groups is 1. The average Bonchev–Trinajstić information content (AvgIpc) is 2.73. The van der Waals surface area contributed by atoms with E-state index in [2.05, 4.69) is 5.32 Å². The van der Waals surface area contributed by atoms with Crippen molar-refractivity contribution >= 4 is 23.8 Å². The Hall–Kier alpha value is -0.910. The number of hydrogen-bond donors (Lipinski definition) is 2. The number of carbonyl (C=O) groups is 2. The number of aliphatic carboxylic acids is 1. The fourth-order valence-electron chi connectivity index (χ4n) is 1.78. The van der Waals surface area contributed by atoms with Gasteiger partial charge in [0, 0.05) is 13.1 Å². The number of nitrogens with zero attached hydrogens (tertiary/aromatic N) is 1. The molecule has 2 N–H and O–H groups in total. The molecule has 1 saturated heterocycles. The Morgan fingerprint density at radius 3 is 2.94 bits per heavy atom. The minimum absolute atomic E-state index is 0.244. The van der Waals surface area contributed by atoms with Crippen LogP contribution in [0.15, 0.2) is 0 Å². The van der Waals surface area contributed by atoms with E-state index in [1.165, 1.54) is 4.90 Å². The summed E-state index contributed by atoms with van der Waals surface area (Å²) >= 11 is 1.73. The van der Waals surface area contributed by atoms with Crippen LogP contribution in [-0.2, 0) is 4.79 Å². The normalized spacial score (nSPS) is 19.8. The molecule has 1 aliphatic heterocycles. The third-order valence-electron chi connectivity index (χ3n) is 2.60. The Morgan fingerprint density at radius 2 is 2.31 bits per heavy atom. The molecule has 5 nitrogen and oxygen atoms in total. The standard InChI is InChI=1S/C10H18N2O3S/c1-16-7-3-5-11-10(15)12-6-2-4-8(12)9(13)14/h8H,2-7H2,1H3,(H,11,15)(H,13,14). The van der Waals surface area contributed by atoms with Gasteiger partial charge in [0.15, 0.2) is 0 Å². The molecular weight excluding hydrogens is 228 g/mol. The van der Waals surface area contributed by atoms with E-state index < -0.39 is 12.0 Å². The third kappa shape index (κ3) is 3.59. The van der Waals surface area contributed by atoms with Crippen LogP contribution < -0.4 is 5.32 Å². The molecule has 1 heterocycles. The molecule has 6 heteroatoms. The van der Waals surface area contributed by atoms with E-state index >= 15 is 0 Å². The van der Waals surface area contributed by atoms with Crippen LogP contribution in [0.3, 0.4) is 0 Å². The number of hydrogen-bond acceptors (Lipinski definition) is 3. The van der Waals surface area contributed by atoms with Crippen LogP contribution in [0.25, 0.3) is 0 Å². The van der Waals surface area contributed by atoms with Crippen molar-refractivity contribution in [3.8, 4) is 0 Å². The zero-order valence-corrected chi connectivity index (χ0v) is 10.3. The van der Waals surface area contributed by atoms with Crippen molar-refractivity contribution < 1.29 is 14.7 Å². The number of amides is 2. The molecule has 0 radical (unpaired) electrons. The van der Waals surface area contributed by atoms with Crippen LogP contribution in [0.4, 0.5) is 4.79 Å². The van der Waals surface area contributed by atoms with Gasteiger partial charge in [-0.15, -0.1) is 0 Å². The quantitative estimate of drug-likeness (QED) is 0.710. The maximum Gasteiger partial charge on any atom is 0.326 e. The lowest BCUT2D eigenvalue weighted by molar-refractivity contribution is -0.141. The average molecular weight is 246 g/mol. The van der Waals surface area contributed by atoms with Crippen molar-refractivity contribution in [1.29, 1.82) is 0 Å². The molecular formula is C10H18N2O3S. The van der Waals surface area contributed by atoms with Gasteiger partial charge in [0.05, 0.1) is 0 Å². The first kappa shape index (κ1) is 13.2. The maximum absolute atomic E-state index is 11.7. The van der Waals surface area contributed by atoms with Gasteiger partial charge in [0.2, 0.25) is 0 Å². The van der Waals surface area contributed by atoms with Gasteiger partial charge in [-0.05, 0) is 31.3 Å². The Labute approximate surface area is 99.6 Å². The van der Waals surface area contributed by atoms with Gasteiger partial charge in [-0.2, -0.15) is 11.8 Å². The molecule has 1 unspecified atom stereocenters. The number of carbonyl (C=O) groups excluding carboxylic acids is 1. The second-order valence-electron chi connectivity index (χ2n) is 3.77. The topological polar surface area (TPSA) is 69.6 Å². The lowest BCUT2D eigenvalue weighted by Crippen LogP contribution is -2.46. The summed E-state index contributed by atoms with van der Waals surface area (Å²) in [5, 5.41) is 11.7. The summed E-state index contributed by atoms with van der Waals surface area (Å²) in [4.78, 5) is 24.0. The molecule has 2 amide bonds. The van der Waals surface area contributed by atoms with E-state index in [0.29, 0.717) is 19.5 Å². The van der Waals surface area contributed by atoms with Gasteiger partial charge in [-0.3, -0.25) is 0 Å². The van der Waals surface area contributed by atoms with Crippen molar-refractivity contribution in [3.05, 3.63) is 0 Å². The van der Waals surface area contributed by atoms with Gasteiger partial charge in [-0.1, -0.05) is 0 Å². The molecule has 1 aliphatic rings. The Bertz CT molecular complexity index is 260. The van der Waals surface area contributed by atoms with Crippen LogP contribution in [-0.4, -0.2) is 53.1 Å². The largest absolute Gasteiger partial charge is 0.480 e. The number of nitrogens with one attached hydrogen (secondary N) is 1. The first-order chi connectivity index (χ1) is 7.66. The summed E-state index contributed by atoms with van der Waals surface area (Å²) < 4.78 is 0. The second kappa shape index (κ2) is 6.62. The molecule has 0 bridgehead atoms. The van der Waals surface area contributed by atoms with Crippen molar-refractivity contribution in [3.63, 3.8) is 0 Å². The fraction of sp³-hybridized carbons (Fsp3) is 0.800. The van der Waals surface area contributed by atoms with Gasteiger partial charge in [-0.25, -0.2) is 9.59 Å². The van der Waals surface area contributed by atoms with E-state index in [9.17, 15) is 9.59 Å². The Kier molecular flexibility index (Phi) is 5.45. The SMILES string of the molecule is CSCCCNC(=O)N1CCCC1C(=O)O. The van der Waals surface area contributed by atoms with E-state index in [1.807, 2.05) is 6.26 Å². The predicted molar refractivity (Wildman–Crippen MR) is 63.8 cm³/mol. The van der Waals surface area contributed by atoms with E-state index in [4.69, 9.17) is 5.11 Å².